The number of rotatable bonds is 8. The highest BCUT2D eigenvalue weighted by Gasteiger charge is 2.44. The molecule has 20 aromatic rings. The molecule has 0 saturated carbocycles. The first-order valence-electron chi connectivity index (χ1n) is 72.8. The van der Waals surface area contributed by atoms with Gasteiger partial charge >= 0.3 is 0 Å². The Bertz CT molecular complexity index is 10800. The normalized spacial score (nSPS) is 22.5. The fourth-order valence-electron chi connectivity index (χ4n) is 21.1. The maximum atomic E-state index is 8.91. The quantitative estimate of drug-likeness (QED) is 0.142. The standard InChI is InChI=1S/3C32H32NO.C31H31N2O/c1-18(2)23-15-28(33(7)17-20(23)4)30-19(3)12-13-22-25-14-24-21-10-8-9-11-26(21)32(5,6)27(24)16-29(25)34-31(22)30;1-18(2)24-16-26(33(7)17-20(24)4)28-19(3)12-13-23-29-27(34-31(23)28)15-14-22-21-10-8-9-11-25(21)32(5,6)30(22)29;1-18(2)23-16-26(33(7)17-20(23)4)28-19(3)12-13-22-30-27(34-31(22)28)15-14-25-29(30)21-10-8-9-11-24(21)32(25,5)6;1-17(2)23-15-25(33(7)16-19(23)4)26-18(3)10-11-20-21-12-13-24-27(29(21)34-28(20)26)22-9-8-14-32-30(22)31(24,5)6/h3*8-18H,1-7H3;8-17H,1-7H3/q4*+1/i1D3,2D3,4D3,5D3,6D3,18D;1D3,2D3,4D3,18D;1D3,2D3,4D3,5D3,6D3,18D;1D3,2D3,4D3,5D3,6D3,17D. The number of hydrogen-bond donors (Lipinski definition) is 0. The molecule has 0 N–H and O–H groups in total. The van der Waals surface area contributed by atoms with Crippen molar-refractivity contribution >= 4 is 87.8 Å². The zero-order valence-electron chi connectivity index (χ0n) is 133. The van der Waals surface area contributed by atoms with E-state index in [4.69, 9.17) is 97.2 Å². The Hall–Kier alpha value is -13.6. The van der Waals surface area contributed by atoms with Gasteiger partial charge in [0.05, 0.1) is 27.9 Å². The van der Waals surface area contributed by atoms with E-state index in [1.54, 1.807) is 125 Å². The van der Waals surface area contributed by atoms with E-state index in [1.165, 1.54) is 99.8 Å². The second-order valence-electron chi connectivity index (χ2n) is 36.2. The predicted molar refractivity (Wildman–Crippen MR) is 564 cm³/mol. The lowest BCUT2D eigenvalue weighted by atomic mass is 9.80. The first-order chi connectivity index (χ1) is 88.3. The van der Waals surface area contributed by atoms with E-state index < -0.39 is 208 Å². The van der Waals surface area contributed by atoms with Gasteiger partial charge in [0.15, 0.2) is 24.8 Å². The van der Waals surface area contributed by atoms with Gasteiger partial charge in [0.1, 0.15) is 72.9 Å². The molecule has 0 saturated heterocycles. The number of nitrogens with zero attached hydrogens (tertiary/aromatic N) is 5. The molecule has 4 aliphatic carbocycles. The number of fused-ring (bicyclic) bond motifs is 27. The number of benzene rings is 11. The van der Waals surface area contributed by atoms with Crippen molar-refractivity contribution in [3.63, 3.8) is 0 Å². The van der Waals surface area contributed by atoms with Crippen LogP contribution in [-0.2, 0) is 49.9 Å². The van der Waals surface area contributed by atoms with Crippen LogP contribution in [-0.4, -0.2) is 4.98 Å². The van der Waals surface area contributed by atoms with Gasteiger partial charge in [-0.2, -0.15) is 0 Å². The highest BCUT2D eigenvalue weighted by molar-refractivity contribution is 6.19. The highest BCUT2D eigenvalue weighted by Crippen LogP contribution is 2.59. The summed E-state index contributed by atoms with van der Waals surface area (Å²) in [5.41, 5.74) is 1.54. The third-order valence-corrected chi connectivity index (χ3v) is 27.6. The molecule has 9 heteroatoms. The first kappa shape index (κ1) is 44.9. The fourth-order valence-corrected chi connectivity index (χ4v) is 21.1. The number of aryl methyl sites for hydroxylation is 12. The Kier molecular flexibility index (Phi) is 10.6. The van der Waals surface area contributed by atoms with Gasteiger partial charge in [-0.3, -0.25) is 4.98 Å². The maximum Gasteiger partial charge on any atom is 0.216 e. The van der Waals surface area contributed by atoms with Gasteiger partial charge in [-0.25, -0.2) is 18.3 Å². The average Bonchev–Trinajstić information content (AvgIpc) is 1.92. The van der Waals surface area contributed by atoms with Gasteiger partial charge in [0, 0.05) is 208 Å². The molecule has 0 atom stereocenters. The third kappa shape index (κ3) is 13.4. The van der Waals surface area contributed by atoms with Crippen molar-refractivity contribution in [3.05, 3.63) is 349 Å². The average molecular weight is 1850 g/mol. The minimum Gasteiger partial charge on any atom is -0.455 e. The fraction of sp³-hybridized carbons (Fsp3) is 0.283. The SMILES string of the molecule is [2H]C([2H])([2H])c1c[n+](C)c(-c2c(C)ccc3c2oc2c4c(ccc23)C(C([2H])([2H])[2H])(C([2H])([2H])[2H])c2ncccc2-4)cc1C([2H])(C([2H])([2H])[2H])C([2H])([2H])[2H].[2H]C([2H])([2H])c1c[n+](C)c(-c2c(C)ccc3c2oc2cc4c(cc23)-c2ccccc2C4(C([2H])([2H])[2H])C([2H])([2H])[2H])cc1C([2H])(C([2H])([2H])[2H])C([2H])([2H])[2H].[2H]C([2H])([2H])c1c[n+](C)c(-c2c(C)ccc3c2oc2ccc4c(c23)-c2ccccc2C4(C([2H])([2H])[2H])C([2H])([2H])[2H])cc1C([2H])(C([2H])([2H])[2H])C([2H])([2H])[2H].[2H]C([2H])([2H])c1c[n+](C)c(-c2c(C)ccc3c2oc2ccc4c(c23)C(C)(C)c2ccccc2-4)cc1C([2H])(C([2H])([2H])[2H])C([2H])([2H])[2H]. The van der Waals surface area contributed by atoms with Gasteiger partial charge in [-0.15, -0.1) is 0 Å². The Labute approximate surface area is 882 Å². The summed E-state index contributed by atoms with van der Waals surface area (Å²) < 4.78 is 513. The molecule has 24 rings (SSSR count). The molecule has 680 valence electrons. The van der Waals surface area contributed by atoms with Crippen LogP contribution in [0.3, 0.4) is 0 Å². The van der Waals surface area contributed by atoms with Crippen LogP contribution in [0.1, 0.15) is 324 Å². The molecule has 9 heterocycles. The van der Waals surface area contributed by atoms with Crippen LogP contribution >= 0.6 is 0 Å². The molecule has 136 heavy (non-hydrogen) atoms. The summed E-state index contributed by atoms with van der Waals surface area (Å²) in [6, 6.07) is 56.3. The molecule has 0 amide bonds. The molecule has 11 aromatic carbocycles. The lowest BCUT2D eigenvalue weighted by molar-refractivity contribution is -0.660. The third-order valence-electron chi connectivity index (χ3n) is 27.6. The molecular formula is C127H127N5O4+4. The summed E-state index contributed by atoms with van der Waals surface area (Å²) >= 11 is 0. The Morgan fingerprint density at radius 1 is 0.287 bits per heavy atom. The highest BCUT2D eigenvalue weighted by atomic mass is 16.3. The molecule has 0 radical (unpaired) electrons. The Morgan fingerprint density at radius 3 is 1.14 bits per heavy atom. The van der Waals surface area contributed by atoms with E-state index in [2.05, 4.69) is 37.0 Å². The summed E-state index contributed by atoms with van der Waals surface area (Å²) in [5.74, 6) is -13.2. The molecule has 0 bridgehead atoms. The van der Waals surface area contributed by atoms with Gasteiger partial charge in [-0.1, -0.05) is 261 Å². The van der Waals surface area contributed by atoms with E-state index >= 15 is 0 Å². The van der Waals surface area contributed by atoms with Crippen LogP contribution in [0.25, 0.3) is 177 Å². The van der Waals surface area contributed by atoms with Crippen molar-refractivity contribution in [2.24, 2.45) is 28.2 Å². The van der Waals surface area contributed by atoms with E-state index in [0.29, 0.717) is 110 Å². The molecule has 4 aliphatic rings. The molecule has 0 spiro atoms. The Morgan fingerprint density at radius 2 is 0.654 bits per heavy atom. The van der Waals surface area contributed by atoms with Crippen molar-refractivity contribution in [2.75, 3.05) is 0 Å². The van der Waals surface area contributed by atoms with Crippen LogP contribution in [0.5, 0.6) is 0 Å². The minimum atomic E-state index is -3.48. The molecule has 9 nitrogen and oxygen atoms in total. The summed E-state index contributed by atoms with van der Waals surface area (Å²) in [5, 5.41) is 4.68. The van der Waals surface area contributed by atoms with Gasteiger partial charge in [-0.05, 0) is 226 Å². The topological polar surface area (TPSA) is 81.0 Å². The smallest absolute Gasteiger partial charge is 0.216 e. The number of aromatic nitrogens is 5. The van der Waals surface area contributed by atoms with E-state index in [9.17, 15) is 0 Å². The Balaban J connectivity index is 0.000000143. The molecule has 0 aliphatic heterocycles. The molecule has 9 aromatic heterocycles. The number of pyridine rings is 5. The number of furan rings is 4. The van der Waals surface area contributed by atoms with Crippen molar-refractivity contribution in [2.45, 2.75) is 210 Å². The van der Waals surface area contributed by atoms with Crippen molar-refractivity contribution in [1.82, 2.24) is 4.98 Å². The van der Waals surface area contributed by atoms with Crippen molar-refractivity contribution < 1.29 is 115 Å². The van der Waals surface area contributed by atoms with Crippen LogP contribution in [0, 0.1) is 55.1 Å². The molecule has 0 unspecified atom stereocenters. The largest absolute Gasteiger partial charge is 0.455 e. The molecule has 0 fully saturated rings. The summed E-state index contributed by atoms with van der Waals surface area (Å²) in [7, 11) is 6.11. The monoisotopic (exact) mass is 1840 g/mol. The van der Waals surface area contributed by atoms with Crippen LogP contribution in [0.4, 0.5) is 0 Å². The minimum absolute atomic E-state index is 0.0137. The second-order valence-corrected chi connectivity index (χ2v) is 36.2. The number of hydrogen-bond acceptors (Lipinski definition) is 5. The van der Waals surface area contributed by atoms with Crippen molar-refractivity contribution in [1.29, 1.82) is 0 Å². The van der Waals surface area contributed by atoms with Crippen molar-refractivity contribution in [3.8, 4) is 89.5 Å². The van der Waals surface area contributed by atoms with E-state index in [0.717, 1.165) is 69.8 Å². The summed E-state index contributed by atoms with van der Waals surface area (Å²) in [6.45, 7) is -46.1. The zero-order chi connectivity index (χ0) is 144. The molecular weight excluding hydrogens is 1660 g/mol. The summed E-state index contributed by atoms with van der Waals surface area (Å²) in [4.78, 5) is 4.29. The predicted octanol–water partition coefficient (Wildman–Crippen LogP) is 31.9. The first-order valence-corrected chi connectivity index (χ1v) is 43.8. The van der Waals surface area contributed by atoms with Gasteiger partial charge < -0.3 is 17.7 Å². The summed E-state index contributed by atoms with van der Waals surface area (Å²) in [6.07, 6.45) is 5.86. The maximum absolute atomic E-state index is 8.91. The lowest BCUT2D eigenvalue weighted by Crippen LogP contribution is -2.32. The van der Waals surface area contributed by atoms with Crippen LogP contribution in [0.2, 0.25) is 0 Å². The van der Waals surface area contributed by atoms with Gasteiger partial charge in [0.25, 0.3) is 0 Å². The van der Waals surface area contributed by atoms with Crippen LogP contribution < -0.4 is 18.3 Å². The zero-order valence-corrected chi connectivity index (χ0v) is 75.4. The second kappa shape index (κ2) is 32.0. The van der Waals surface area contributed by atoms with Crippen LogP contribution in [0.15, 0.2) is 255 Å². The van der Waals surface area contributed by atoms with E-state index in [1.807, 2.05) is 37.3 Å². The van der Waals surface area contributed by atoms with E-state index in [-0.39, 0.29) is 101 Å². The van der Waals surface area contributed by atoms with Gasteiger partial charge in [0.2, 0.25) is 22.8 Å². The lowest BCUT2D eigenvalue weighted by Gasteiger charge is -2.22.